The molecule has 8 heteroatoms. The van der Waals surface area contributed by atoms with Crippen LogP contribution in [0.4, 0.5) is 0 Å². The molecule has 1 aliphatic heterocycles. The van der Waals surface area contributed by atoms with Gasteiger partial charge < -0.3 is 20.1 Å². The molecule has 0 spiro atoms. The van der Waals surface area contributed by atoms with E-state index in [-0.39, 0.29) is 12.3 Å². The third-order valence-corrected chi connectivity index (χ3v) is 6.80. The maximum absolute atomic E-state index is 13.0. The van der Waals surface area contributed by atoms with E-state index in [0.29, 0.717) is 18.2 Å². The summed E-state index contributed by atoms with van der Waals surface area (Å²) >= 11 is 1.50. The minimum absolute atomic E-state index is 0.125. The van der Waals surface area contributed by atoms with E-state index in [1.54, 1.807) is 24.3 Å². The van der Waals surface area contributed by atoms with E-state index in [1.807, 2.05) is 44.2 Å². The van der Waals surface area contributed by atoms with Gasteiger partial charge in [0.2, 0.25) is 11.8 Å². The lowest BCUT2D eigenvalue weighted by molar-refractivity contribution is -0.144. The SMILES string of the molecule is CC(=O)N1CSC(C)(C)C1C(=O)N[C@@H](Cc1ccc(OCc2ccccc2)cc1)C(=O)O. The number of hydrogen-bond acceptors (Lipinski definition) is 5. The van der Waals surface area contributed by atoms with Gasteiger partial charge >= 0.3 is 5.97 Å². The summed E-state index contributed by atoms with van der Waals surface area (Å²) in [6, 6.07) is 15.1. The van der Waals surface area contributed by atoms with Crippen LogP contribution in [0.25, 0.3) is 0 Å². The Balaban J connectivity index is 1.63. The second kappa shape index (κ2) is 10.1. The number of carboxylic acid groups (broad SMARTS) is 1. The second-order valence-electron chi connectivity index (χ2n) is 8.29. The van der Waals surface area contributed by atoms with Crippen LogP contribution in [0.15, 0.2) is 54.6 Å². The van der Waals surface area contributed by atoms with Crippen molar-refractivity contribution in [2.75, 3.05) is 5.88 Å². The highest BCUT2D eigenvalue weighted by Crippen LogP contribution is 2.39. The van der Waals surface area contributed by atoms with E-state index in [2.05, 4.69) is 5.32 Å². The van der Waals surface area contributed by atoms with E-state index >= 15 is 0 Å². The third kappa shape index (κ3) is 5.82. The lowest BCUT2D eigenvalue weighted by atomic mass is 9.99. The van der Waals surface area contributed by atoms with Crippen LogP contribution in [0.5, 0.6) is 5.75 Å². The maximum Gasteiger partial charge on any atom is 0.326 e. The first-order valence-electron chi connectivity index (χ1n) is 10.4. The van der Waals surface area contributed by atoms with Crippen molar-refractivity contribution in [2.24, 2.45) is 0 Å². The fraction of sp³-hybridized carbons (Fsp3) is 0.375. The number of amides is 2. The van der Waals surface area contributed by atoms with Crippen molar-refractivity contribution in [3.63, 3.8) is 0 Å². The molecular weight excluding hydrogens is 428 g/mol. The summed E-state index contributed by atoms with van der Waals surface area (Å²) in [5.74, 6) is -0.703. The van der Waals surface area contributed by atoms with E-state index in [1.165, 1.54) is 23.6 Å². The molecule has 1 saturated heterocycles. The van der Waals surface area contributed by atoms with Crippen LogP contribution >= 0.6 is 11.8 Å². The highest BCUT2D eigenvalue weighted by Gasteiger charge is 2.47. The van der Waals surface area contributed by atoms with Crippen LogP contribution in [0.3, 0.4) is 0 Å². The number of carbonyl (C=O) groups excluding carboxylic acids is 2. The zero-order chi connectivity index (χ0) is 23.3. The van der Waals surface area contributed by atoms with Gasteiger partial charge in [-0.05, 0) is 37.1 Å². The van der Waals surface area contributed by atoms with Crippen molar-refractivity contribution in [1.82, 2.24) is 10.2 Å². The number of benzene rings is 2. The van der Waals surface area contributed by atoms with Crippen molar-refractivity contribution in [3.05, 3.63) is 65.7 Å². The van der Waals surface area contributed by atoms with Gasteiger partial charge in [0, 0.05) is 18.1 Å². The van der Waals surface area contributed by atoms with Gasteiger partial charge in [-0.15, -0.1) is 11.8 Å². The van der Waals surface area contributed by atoms with Gasteiger partial charge in [0.25, 0.3) is 0 Å². The predicted molar refractivity (Wildman–Crippen MR) is 123 cm³/mol. The molecule has 0 saturated carbocycles. The molecule has 2 amide bonds. The fourth-order valence-corrected chi connectivity index (χ4v) is 4.84. The Morgan fingerprint density at radius 3 is 2.38 bits per heavy atom. The molecular formula is C24H28N2O5S. The summed E-state index contributed by atoms with van der Waals surface area (Å²) in [5.41, 5.74) is 1.81. The molecule has 0 bridgehead atoms. The zero-order valence-electron chi connectivity index (χ0n) is 18.4. The number of ether oxygens (including phenoxy) is 1. The first kappa shape index (κ1) is 23.7. The highest BCUT2D eigenvalue weighted by molar-refractivity contribution is 8.00. The van der Waals surface area contributed by atoms with Crippen LogP contribution < -0.4 is 10.1 Å². The Bertz CT molecular complexity index is 962. The minimum atomic E-state index is -1.12. The van der Waals surface area contributed by atoms with Crippen molar-refractivity contribution < 1.29 is 24.2 Å². The number of carbonyl (C=O) groups is 3. The number of nitrogens with one attached hydrogen (secondary N) is 1. The van der Waals surface area contributed by atoms with E-state index in [4.69, 9.17) is 4.74 Å². The lowest BCUT2D eigenvalue weighted by Gasteiger charge is -2.30. The van der Waals surface area contributed by atoms with Crippen molar-refractivity contribution >= 4 is 29.5 Å². The van der Waals surface area contributed by atoms with Crippen LogP contribution in [-0.4, -0.2) is 50.5 Å². The third-order valence-electron chi connectivity index (χ3n) is 5.42. The minimum Gasteiger partial charge on any atom is -0.489 e. The summed E-state index contributed by atoms with van der Waals surface area (Å²) in [7, 11) is 0. The molecule has 0 aliphatic carbocycles. The standard InChI is InChI=1S/C24H28N2O5S/c1-16(27)26-15-32-24(2,3)21(26)22(28)25-20(23(29)30)13-17-9-11-19(12-10-17)31-14-18-7-5-4-6-8-18/h4-12,20-21H,13-15H2,1-3H3,(H,25,28)(H,29,30)/t20-,21?/m0/s1. The average molecular weight is 457 g/mol. The fourth-order valence-electron chi connectivity index (χ4n) is 3.64. The van der Waals surface area contributed by atoms with Gasteiger partial charge in [-0.25, -0.2) is 4.79 Å². The molecule has 1 heterocycles. The zero-order valence-corrected chi connectivity index (χ0v) is 19.2. The van der Waals surface area contributed by atoms with Crippen molar-refractivity contribution in [2.45, 2.75) is 50.6 Å². The summed E-state index contributed by atoms with van der Waals surface area (Å²) in [4.78, 5) is 38.2. The predicted octanol–water partition coefficient (Wildman–Crippen LogP) is 3.08. The monoisotopic (exact) mass is 456 g/mol. The van der Waals surface area contributed by atoms with E-state index < -0.39 is 28.7 Å². The smallest absolute Gasteiger partial charge is 0.326 e. The van der Waals surface area contributed by atoms with E-state index in [0.717, 1.165) is 11.1 Å². The molecule has 2 aromatic carbocycles. The van der Waals surface area contributed by atoms with Gasteiger partial charge in [0.1, 0.15) is 24.4 Å². The molecule has 170 valence electrons. The summed E-state index contributed by atoms with van der Waals surface area (Å²) in [5, 5.41) is 12.3. The van der Waals surface area contributed by atoms with Gasteiger partial charge in [-0.3, -0.25) is 9.59 Å². The molecule has 1 fully saturated rings. The normalized spacial score (nSPS) is 18.1. The topological polar surface area (TPSA) is 95.9 Å². The summed E-state index contributed by atoms with van der Waals surface area (Å²) in [6.07, 6.45) is 0.125. The number of hydrogen-bond donors (Lipinski definition) is 2. The number of carboxylic acids is 1. The van der Waals surface area contributed by atoms with Crippen LogP contribution in [0, 0.1) is 0 Å². The average Bonchev–Trinajstić information content (AvgIpc) is 3.08. The van der Waals surface area contributed by atoms with Crippen molar-refractivity contribution in [1.29, 1.82) is 0 Å². The quantitative estimate of drug-likeness (QED) is 0.634. The Morgan fingerprint density at radius 1 is 1.12 bits per heavy atom. The van der Waals surface area contributed by atoms with Gasteiger partial charge in [0.05, 0.1) is 5.88 Å². The molecule has 0 aromatic heterocycles. The highest BCUT2D eigenvalue weighted by atomic mass is 32.2. The van der Waals surface area contributed by atoms with Gasteiger partial charge in [-0.1, -0.05) is 42.5 Å². The summed E-state index contributed by atoms with van der Waals surface area (Å²) < 4.78 is 5.26. The molecule has 1 aliphatic rings. The molecule has 0 radical (unpaired) electrons. The van der Waals surface area contributed by atoms with Crippen LogP contribution in [-0.2, 0) is 27.4 Å². The lowest BCUT2D eigenvalue weighted by Crippen LogP contribution is -2.56. The number of aliphatic carboxylic acids is 1. The molecule has 1 unspecified atom stereocenters. The number of nitrogens with zero attached hydrogens (tertiary/aromatic N) is 1. The van der Waals surface area contributed by atoms with Crippen molar-refractivity contribution in [3.8, 4) is 5.75 Å². The molecule has 2 N–H and O–H groups in total. The number of rotatable bonds is 8. The Morgan fingerprint density at radius 2 is 1.78 bits per heavy atom. The van der Waals surface area contributed by atoms with Gasteiger partial charge in [-0.2, -0.15) is 0 Å². The Labute approximate surface area is 192 Å². The first-order valence-corrected chi connectivity index (χ1v) is 11.4. The van der Waals surface area contributed by atoms with E-state index in [9.17, 15) is 19.5 Å². The molecule has 3 rings (SSSR count). The summed E-state index contributed by atoms with van der Waals surface area (Å²) in [6.45, 7) is 5.62. The number of thioether (sulfide) groups is 1. The first-order chi connectivity index (χ1) is 15.2. The largest absolute Gasteiger partial charge is 0.489 e. The second-order valence-corrected chi connectivity index (χ2v) is 9.89. The molecule has 2 aromatic rings. The molecule has 32 heavy (non-hydrogen) atoms. The van der Waals surface area contributed by atoms with Crippen LogP contribution in [0.1, 0.15) is 31.9 Å². The van der Waals surface area contributed by atoms with Gasteiger partial charge in [0.15, 0.2) is 0 Å². The van der Waals surface area contributed by atoms with Crippen LogP contribution in [0.2, 0.25) is 0 Å². The molecule has 7 nitrogen and oxygen atoms in total. The Kier molecular flexibility index (Phi) is 7.45. The Hall–Kier alpha value is -3.00. The maximum atomic E-state index is 13.0. The molecule has 2 atom stereocenters.